The predicted molar refractivity (Wildman–Crippen MR) is 131 cm³/mol. The van der Waals surface area contributed by atoms with Crippen molar-refractivity contribution in [1.29, 1.82) is 0 Å². The molecular weight excluding hydrogens is 422 g/mol. The molecule has 5 nitrogen and oxygen atoms in total. The Morgan fingerprint density at radius 1 is 0.938 bits per heavy atom. The topological polar surface area (TPSA) is 75.6 Å². The minimum absolute atomic E-state index is 0.0793. The Balaban J connectivity index is 1.80. The number of aliphatic hydroxyl groups is 1. The van der Waals surface area contributed by atoms with Gasteiger partial charge in [0.15, 0.2) is 0 Å². The zero-order valence-corrected chi connectivity index (χ0v) is 19.4. The van der Waals surface area contributed by atoms with Gasteiger partial charge in [0.2, 0.25) is 0 Å². The van der Waals surface area contributed by atoms with E-state index in [0.717, 1.165) is 17.2 Å². The van der Waals surface area contributed by atoms with Crippen LogP contribution in [0.1, 0.15) is 25.8 Å². The lowest BCUT2D eigenvalue weighted by atomic mass is 9.90. The number of hydrogen-bond acceptors (Lipinski definition) is 5. The van der Waals surface area contributed by atoms with Crippen LogP contribution in [0.3, 0.4) is 0 Å². The molecule has 1 unspecified atom stereocenters. The Hall–Kier alpha value is -2.51. The van der Waals surface area contributed by atoms with E-state index in [9.17, 15) is 13.5 Å². The van der Waals surface area contributed by atoms with Crippen molar-refractivity contribution in [2.75, 3.05) is 12.9 Å². The van der Waals surface area contributed by atoms with Crippen LogP contribution in [0.5, 0.6) is 0 Å². The fourth-order valence-corrected chi connectivity index (χ4v) is 5.15. The molecule has 0 fully saturated rings. The average Bonchev–Trinajstić information content (AvgIpc) is 2.76. The van der Waals surface area contributed by atoms with Crippen molar-refractivity contribution in [3.05, 3.63) is 72.3 Å². The summed E-state index contributed by atoms with van der Waals surface area (Å²) in [4.78, 5) is 0. The fraction of sp³-hybridized carbons (Fsp3) is 0.308. The summed E-state index contributed by atoms with van der Waals surface area (Å²) in [6.07, 6.45) is 0.764. The van der Waals surface area contributed by atoms with Crippen LogP contribution in [0.4, 0.5) is 0 Å². The van der Waals surface area contributed by atoms with Crippen LogP contribution in [0.2, 0.25) is 0 Å². The second kappa shape index (κ2) is 8.79. The molecule has 32 heavy (non-hydrogen) atoms. The van der Waals surface area contributed by atoms with Crippen LogP contribution in [0.15, 0.2) is 66.7 Å². The van der Waals surface area contributed by atoms with Gasteiger partial charge in [-0.15, -0.1) is 0 Å². The van der Waals surface area contributed by atoms with E-state index in [0.29, 0.717) is 13.0 Å². The van der Waals surface area contributed by atoms with E-state index in [-0.39, 0.29) is 6.61 Å². The third kappa shape index (κ3) is 4.50. The maximum atomic E-state index is 11.7. The van der Waals surface area contributed by atoms with Crippen LogP contribution >= 0.6 is 0 Å². The van der Waals surface area contributed by atoms with E-state index in [1.54, 1.807) is 6.92 Å². The maximum Gasteiger partial charge on any atom is 0.264 e. The molecule has 6 heteroatoms. The summed E-state index contributed by atoms with van der Waals surface area (Å²) in [5, 5.41) is 20.2. The molecule has 0 aromatic heterocycles. The van der Waals surface area contributed by atoms with Crippen molar-refractivity contribution in [2.24, 2.45) is 0 Å². The lowest BCUT2D eigenvalue weighted by Gasteiger charge is -2.35. The van der Waals surface area contributed by atoms with Crippen molar-refractivity contribution in [2.45, 2.75) is 38.5 Å². The molecule has 0 aliphatic rings. The molecule has 4 aromatic carbocycles. The summed E-state index contributed by atoms with van der Waals surface area (Å²) in [5.74, 6) is 0. The van der Waals surface area contributed by atoms with Gasteiger partial charge in [-0.1, -0.05) is 60.7 Å². The zero-order valence-electron chi connectivity index (χ0n) is 18.6. The molecule has 4 rings (SSSR count). The number of fused-ring (bicyclic) bond motifs is 5. The van der Waals surface area contributed by atoms with E-state index >= 15 is 0 Å². The summed E-state index contributed by atoms with van der Waals surface area (Å²) < 4.78 is 28.7. The fourth-order valence-electron chi connectivity index (χ4n) is 4.42. The van der Waals surface area contributed by atoms with E-state index in [2.05, 4.69) is 53.8 Å². The Morgan fingerprint density at radius 3 is 2.25 bits per heavy atom. The molecule has 0 saturated heterocycles. The third-order valence-corrected chi connectivity index (χ3v) is 7.02. The van der Waals surface area contributed by atoms with Gasteiger partial charge in [0.25, 0.3) is 10.1 Å². The van der Waals surface area contributed by atoms with Gasteiger partial charge in [0.05, 0.1) is 12.4 Å². The number of nitrogens with one attached hydrogen (secondary N) is 1. The molecule has 0 radical (unpaired) electrons. The standard InChI is InChI=1S/C26H29NO4S/c1-18(31-32(3,29)30)26(2,14-15-28)27-17-20-16-25-21-9-5-4-8-19(21)12-13-24(25)23-11-7-6-10-22(20)23/h4-13,16,18,27-28H,14-15,17H2,1-3H3/t18-,26?/m1/s1. The summed E-state index contributed by atoms with van der Waals surface area (Å²) in [5.41, 5.74) is 0.382. The van der Waals surface area contributed by atoms with Gasteiger partial charge >= 0.3 is 0 Å². The number of aliphatic hydroxyl groups excluding tert-OH is 1. The molecule has 0 saturated carbocycles. The summed E-state index contributed by atoms with van der Waals surface area (Å²) in [6, 6.07) is 23.2. The molecular formula is C26H29NO4S. The van der Waals surface area contributed by atoms with Gasteiger partial charge in [-0.05, 0) is 64.2 Å². The van der Waals surface area contributed by atoms with E-state index in [1.165, 1.54) is 26.9 Å². The molecule has 0 spiro atoms. The van der Waals surface area contributed by atoms with Crippen molar-refractivity contribution in [3.63, 3.8) is 0 Å². The quantitative estimate of drug-likeness (QED) is 0.299. The van der Waals surface area contributed by atoms with Gasteiger partial charge in [-0.3, -0.25) is 4.18 Å². The van der Waals surface area contributed by atoms with Crippen LogP contribution < -0.4 is 5.32 Å². The first kappa shape index (κ1) is 22.7. The predicted octanol–water partition coefficient (Wildman–Crippen LogP) is 4.74. The van der Waals surface area contributed by atoms with E-state index < -0.39 is 21.8 Å². The van der Waals surface area contributed by atoms with Crippen molar-refractivity contribution in [3.8, 4) is 0 Å². The highest BCUT2D eigenvalue weighted by atomic mass is 32.2. The molecule has 0 amide bonds. The minimum atomic E-state index is -3.62. The maximum absolute atomic E-state index is 11.7. The Kier molecular flexibility index (Phi) is 6.23. The van der Waals surface area contributed by atoms with Crippen LogP contribution in [-0.4, -0.2) is 38.0 Å². The second-order valence-corrected chi connectivity index (χ2v) is 10.3. The molecule has 2 N–H and O–H groups in total. The highest BCUT2D eigenvalue weighted by molar-refractivity contribution is 7.86. The van der Waals surface area contributed by atoms with Gasteiger partial charge in [-0.2, -0.15) is 8.42 Å². The Morgan fingerprint density at radius 2 is 1.56 bits per heavy atom. The van der Waals surface area contributed by atoms with Crippen LogP contribution in [0, 0.1) is 0 Å². The first-order chi connectivity index (χ1) is 15.2. The SMILES string of the molecule is C[C@@H](OS(C)(=O)=O)C(C)(CCO)NCc1cc2c3ccccc3ccc2c2ccccc12. The second-order valence-electron chi connectivity index (χ2n) is 8.65. The lowest BCUT2D eigenvalue weighted by Crippen LogP contribution is -2.52. The molecule has 2 atom stereocenters. The van der Waals surface area contributed by atoms with Gasteiger partial charge in [0, 0.05) is 18.7 Å². The molecule has 0 aliphatic heterocycles. The highest BCUT2D eigenvalue weighted by Crippen LogP contribution is 2.34. The minimum Gasteiger partial charge on any atom is -0.396 e. The summed E-state index contributed by atoms with van der Waals surface area (Å²) >= 11 is 0. The molecule has 0 heterocycles. The van der Waals surface area contributed by atoms with Gasteiger partial charge in [0.1, 0.15) is 0 Å². The highest BCUT2D eigenvalue weighted by Gasteiger charge is 2.33. The summed E-state index contributed by atoms with van der Waals surface area (Å²) in [7, 11) is -3.62. The van der Waals surface area contributed by atoms with Crippen LogP contribution in [-0.2, 0) is 20.8 Å². The Bertz CT molecular complexity index is 1380. The molecule has 168 valence electrons. The van der Waals surface area contributed by atoms with Crippen molar-refractivity contribution < 1.29 is 17.7 Å². The van der Waals surface area contributed by atoms with E-state index in [1.807, 2.05) is 25.1 Å². The van der Waals surface area contributed by atoms with Gasteiger partial charge in [-0.25, -0.2) is 0 Å². The normalized spacial score (nSPS) is 15.2. The Labute approximate surface area is 189 Å². The van der Waals surface area contributed by atoms with Gasteiger partial charge < -0.3 is 10.4 Å². The number of benzene rings is 4. The zero-order chi connectivity index (χ0) is 22.9. The van der Waals surface area contributed by atoms with Crippen LogP contribution in [0.25, 0.3) is 32.3 Å². The van der Waals surface area contributed by atoms with Crippen molar-refractivity contribution >= 4 is 42.4 Å². The first-order valence-electron chi connectivity index (χ1n) is 10.8. The third-order valence-electron chi connectivity index (χ3n) is 6.38. The number of hydrogen-bond donors (Lipinski definition) is 2. The first-order valence-corrected chi connectivity index (χ1v) is 12.6. The molecule has 0 bridgehead atoms. The molecule has 4 aromatic rings. The van der Waals surface area contributed by atoms with Crippen molar-refractivity contribution in [1.82, 2.24) is 5.32 Å². The average molecular weight is 452 g/mol. The monoisotopic (exact) mass is 451 g/mol. The van der Waals surface area contributed by atoms with E-state index in [4.69, 9.17) is 4.18 Å². The molecule has 0 aliphatic carbocycles. The largest absolute Gasteiger partial charge is 0.396 e. The smallest absolute Gasteiger partial charge is 0.264 e. The lowest BCUT2D eigenvalue weighted by molar-refractivity contribution is 0.0887. The number of rotatable bonds is 8. The summed E-state index contributed by atoms with van der Waals surface area (Å²) in [6.45, 7) is 4.03.